The molecule has 26 heavy (non-hydrogen) atoms. The van der Waals surface area contributed by atoms with Gasteiger partial charge in [0.25, 0.3) is 0 Å². The summed E-state index contributed by atoms with van der Waals surface area (Å²) < 4.78 is 4.99. The fourth-order valence-electron chi connectivity index (χ4n) is 1.84. The second kappa shape index (κ2) is 8.97. The number of nitrogens with zero attached hydrogens (tertiary/aromatic N) is 1. The third-order valence-corrected chi connectivity index (χ3v) is 3.14. The number of ether oxygens (including phenoxy) is 1. The quantitative estimate of drug-likeness (QED) is 0.413. The fraction of sp³-hybridized carbons (Fsp3) is 0.111. The van der Waals surface area contributed by atoms with E-state index in [0.717, 1.165) is 5.56 Å². The number of nitrogens with one attached hydrogen (secondary N) is 2. The van der Waals surface area contributed by atoms with Gasteiger partial charge >= 0.3 is 17.8 Å². The van der Waals surface area contributed by atoms with Crippen LogP contribution in [-0.4, -0.2) is 35.7 Å². The highest BCUT2D eigenvalue weighted by atomic mass is 16.5. The van der Waals surface area contributed by atoms with Gasteiger partial charge in [-0.2, -0.15) is 5.10 Å². The minimum absolute atomic E-state index is 0.395. The lowest BCUT2D eigenvalue weighted by atomic mass is 10.2. The van der Waals surface area contributed by atoms with Crippen LogP contribution in [0.1, 0.15) is 11.1 Å². The first-order valence-corrected chi connectivity index (χ1v) is 7.60. The van der Waals surface area contributed by atoms with Gasteiger partial charge in [0, 0.05) is 5.69 Å². The number of benzene rings is 2. The molecule has 0 atom stereocenters. The molecule has 0 aliphatic heterocycles. The Balaban J connectivity index is 1.83. The molecular weight excluding hydrogens is 338 g/mol. The number of rotatable bonds is 6. The van der Waals surface area contributed by atoms with Crippen molar-refractivity contribution in [1.29, 1.82) is 0 Å². The van der Waals surface area contributed by atoms with Crippen LogP contribution in [0.5, 0.6) is 5.75 Å². The van der Waals surface area contributed by atoms with Gasteiger partial charge in [-0.1, -0.05) is 17.7 Å². The Morgan fingerprint density at radius 2 is 1.69 bits per heavy atom. The minimum Gasteiger partial charge on any atom is -0.482 e. The molecule has 0 fully saturated rings. The van der Waals surface area contributed by atoms with Gasteiger partial charge in [-0.15, -0.1) is 0 Å². The predicted octanol–water partition coefficient (Wildman–Crippen LogP) is 1.55. The molecule has 0 aromatic heterocycles. The molecule has 0 saturated heterocycles. The summed E-state index contributed by atoms with van der Waals surface area (Å²) in [6.07, 6.45) is 1.35. The summed E-state index contributed by atoms with van der Waals surface area (Å²) in [6, 6.07) is 13.4. The fourth-order valence-corrected chi connectivity index (χ4v) is 1.84. The Bertz CT molecular complexity index is 814. The van der Waals surface area contributed by atoms with Crippen LogP contribution < -0.4 is 15.5 Å². The van der Waals surface area contributed by atoms with Crippen molar-refractivity contribution in [3.05, 3.63) is 59.7 Å². The van der Waals surface area contributed by atoms with Gasteiger partial charge in [0.15, 0.2) is 6.61 Å². The van der Waals surface area contributed by atoms with Gasteiger partial charge in [-0.3, -0.25) is 9.59 Å². The van der Waals surface area contributed by atoms with Gasteiger partial charge in [0.2, 0.25) is 0 Å². The van der Waals surface area contributed by atoms with Gasteiger partial charge in [-0.25, -0.2) is 10.2 Å². The molecule has 0 aliphatic carbocycles. The van der Waals surface area contributed by atoms with E-state index >= 15 is 0 Å². The zero-order valence-corrected chi connectivity index (χ0v) is 13.9. The predicted molar refractivity (Wildman–Crippen MR) is 95.1 cm³/mol. The highest BCUT2D eigenvalue weighted by Crippen LogP contribution is 2.11. The summed E-state index contributed by atoms with van der Waals surface area (Å²) >= 11 is 0. The largest absolute Gasteiger partial charge is 0.482 e. The lowest BCUT2D eigenvalue weighted by Crippen LogP contribution is -2.32. The molecule has 0 saturated carbocycles. The number of carboxylic acids is 1. The maximum atomic E-state index is 11.7. The number of anilines is 1. The van der Waals surface area contributed by atoms with Crippen molar-refractivity contribution in [1.82, 2.24) is 5.43 Å². The molecular formula is C18H17N3O5. The van der Waals surface area contributed by atoms with E-state index in [1.807, 2.05) is 19.1 Å². The maximum absolute atomic E-state index is 11.7. The molecule has 8 heteroatoms. The maximum Gasteiger partial charge on any atom is 0.341 e. The van der Waals surface area contributed by atoms with Crippen LogP contribution in [-0.2, 0) is 14.4 Å². The normalized spacial score (nSPS) is 10.3. The third kappa shape index (κ3) is 6.08. The summed E-state index contributed by atoms with van der Waals surface area (Å²) in [5.41, 5.74) is 4.31. The van der Waals surface area contributed by atoms with Crippen molar-refractivity contribution in [2.24, 2.45) is 5.10 Å². The van der Waals surface area contributed by atoms with Crippen molar-refractivity contribution >= 4 is 29.7 Å². The molecule has 134 valence electrons. The monoisotopic (exact) mass is 355 g/mol. The molecule has 2 rings (SSSR count). The highest BCUT2D eigenvalue weighted by molar-refractivity contribution is 6.39. The summed E-state index contributed by atoms with van der Waals surface area (Å²) in [7, 11) is 0. The second-order valence-electron chi connectivity index (χ2n) is 5.27. The van der Waals surface area contributed by atoms with Crippen molar-refractivity contribution in [3.8, 4) is 5.75 Å². The molecule has 2 amide bonds. The van der Waals surface area contributed by atoms with Crippen LogP contribution in [0, 0.1) is 6.92 Å². The molecule has 2 aromatic rings. The Hall–Kier alpha value is -3.68. The lowest BCUT2D eigenvalue weighted by Gasteiger charge is -2.04. The Morgan fingerprint density at radius 1 is 1.04 bits per heavy atom. The van der Waals surface area contributed by atoms with Crippen LogP contribution in [0.3, 0.4) is 0 Å². The molecule has 2 aromatic carbocycles. The Labute approximate surface area is 149 Å². The van der Waals surface area contributed by atoms with Crippen molar-refractivity contribution in [2.45, 2.75) is 6.92 Å². The van der Waals surface area contributed by atoms with E-state index in [-0.39, 0.29) is 0 Å². The van der Waals surface area contributed by atoms with Crippen LogP contribution in [0.4, 0.5) is 5.69 Å². The first kappa shape index (κ1) is 18.7. The van der Waals surface area contributed by atoms with Crippen molar-refractivity contribution < 1.29 is 24.2 Å². The number of aryl methyl sites for hydroxylation is 1. The standard InChI is InChI=1S/C18H17N3O5/c1-12-2-6-14(7-3-12)20-17(24)18(25)21-19-10-13-4-8-15(9-5-13)26-11-16(22)23/h2-10H,11H2,1H3,(H,20,24)(H,21,25)(H,22,23)/b19-10+. The number of hydrogen-bond donors (Lipinski definition) is 3. The molecule has 0 heterocycles. The number of hydrazone groups is 1. The van der Waals surface area contributed by atoms with Crippen LogP contribution >= 0.6 is 0 Å². The van der Waals surface area contributed by atoms with Crippen LogP contribution in [0.2, 0.25) is 0 Å². The SMILES string of the molecule is Cc1ccc(NC(=O)C(=O)N/N=C/c2ccc(OCC(=O)O)cc2)cc1. The third-order valence-electron chi connectivity index (χ3n) is 3.14. The first-order chi connectivity index (χ1) is 12.4. The highest BCUT2D eigenvalue weighted by Gasteiger charge is 2.12. The zero-order valence-electron chi connectivity index (χ0n) is 13.9. The molecule has 0 radical (unpaired) electrons. The minimum atomic E-state index is -1.07. The zero-order chi connectivity index (χ0) is 18.9. The van der Waals surface area contributed by atoms with Crippen LogP contribution in [0.15, 0.2) is 53.6 Å². The molecule has 8 nitrogen and oxygen atoms in total. The van der Waals surface area contributed by atoms with Gasteiger partial charge in [0.1, 0.15) is 5.75 Å². The second-order valence-corrected chi connectivity index (χ2v) is 5.27. The summed E-state index contributed by atoms with van der Waals surface area (Å²) in [5.74, 6) is -2.40. The average Bonchev–Trinajstić information content (AvgIpc) is 2.62. The first-order valence-electron chi connectivity index (χ1n) is 7.60. The summed E-state index contributed by atoms with van der Waals surface area (Å²) in [5, 5.41) is 14.7. The number of hydrogen-bond acceptors (Lipinski definition) is 5. The molecule has 0 spiro atoms. The summed E-state index contributed by atoms with van der Waals surface area (Å²) in [6.45, 7) is 1.48. The topological polar surface area (TPSA) is 117 Å². The van der Waals surface area contributed by atoms with E-state index in [0.29, 0.717) is 17.0 Å². The molecule has 0 aliphatic rings. The van der Waals surface area contributed by atoms with E-state index in [1.54, 1.807) is 36.4 Å². The molecule has 3 N–H and O–H groups in total. The number of amides is 2. The Kier molecular flexibility index (Phi) is 6.44. The lowest BCUT2D eigenvalue weighted by molar-refractivity contribution is -0.139. The average molecular weight is 355 g/mol. The van der Waals surface area contributed by atoms with Crippen molar-refractivity contribution in [2.75, 3.05) is 11.9 Å². The number of carboxylic acid groups (broad SMARTS) is 1. The van der Waals surface area contributed by atoms with E-state index in [1.165, 1.54) is 6.21 Å². The molecule has 0 unspecified atom stereocenters. The van der Waals surface area contributed by atoms with E-state index in [2.05, 4.69) is 15.8 Å². The number of carbonyl (C=O) groups excluding carboxylic acids is 2. The number of carbonyl (C=O) groups is 3. The Morgan fingerprint density at radius 3 is 2.31 bits per heavy atom. The van der Waals surface area contributed by atoms with E-state index in [4.69, 9.17) is 9.84 Å². The summed E-state index contributed by atoms with van der Waals surface area (Å²) in [4.78, 5) is 33.9. The van der Waals surface area contributed by atoms with Gasteiger partial charge in [0.05, 0.1) is 6.21 Å². The molecule has 0 bridgehead atoms. The van der Waals surface area contributed by atoms with Gasteiger partial charge in [-0.05, 0) is 48.9 Å². The van der Waals surface area contributed by atoms with Gasteiger partial charge < -0.3 is 15.2 Å². The smallest absolute Gasteiger partial charge is 0.341 e. The van der Waals surface area contributed by atoms with E-state index in [9.17, 15) is 14.4 Å². The van der Waals surface area contributed by atoms with E-state index < -0.39 is 24.4 Å². The van der Waals surface area contributed by atoms with Crippen LogP contribution in [0.25, 0.3) is 0 Å². The number of aliphatic carboxylic acids is 1. The van der Waals surface area contributed by atoms with Crippen molar-refractivity contribution in [3.63, 3.8) is 0 Å².